The second kappa shape index (κ2) is 3.29. The van der Waals surface area contributed by atoms with Crippen molar-refractivity contribution >= 4 is 0 Å². The molecule has 2 fully saturated rings. The molecule has 2 heterocycles. The molecule has 0 radical (unpaired) electrons. The molecule has 0 aromatic carbocycles. The second-order valence-corrected chi connectivity index (χ2v) is 5.80. The predicted molar refractivity (Wildman–Crippen MR) is 62.0 cm³/mol. The van der Waals surface area contributed by atoms with Gasteiger partial charge in [0.15, 0.2) is 0 Å². The van der Waals surface area contributed by atoms with Crippen LogP contribution in [-0.4, -0.2) is 38.3 Å². The Labute approximate surface area is 96.7 Å². The second-order valence-electron chi connectivity index (χ2n) is 5.80. The molecule has 4 nitrogen and oxygen atoms in total. The summed E-state index contributed by atoms with van der Waals surface area (Å²) >= 11 is 0. The summed E-state index contributed by atoms with van der Waals surface area (Å²) in [7, 11) is 0. The van der Waals surface area contributed by atoms with Crippen molar-refractivity contribution < 1.29 is 0 Å². The maximum atomic E-state index is 3.89. The number of fused-ring (bicyclic) bond motifs is 1. The zero-order valence-corrected chi connectivity index (χ0v) is 10.3. The first-order valence-electron chi connectivity index (χ1n) is 6.22. The van der Waals surface area contributed by atoms with Gasteiger partial charge < -0.3 is 4.57 Å². The van der Waals surface area contributed by atoms with Gasteiger partial charge in [0.05, 0.1) is 0 Å². The molecule has 1 aliphatic heterocycles. The Morgan fingerprint density at radius 1 is 1.19 bits per heavy atom. The molecule has 4 heteroatoms. The average molecular weight is 220 g/mol. The molecular weight excluding hydrogens is 200 g/mol. The molecule has 3 rings (SSSR count). The zero-order valence-electron chi connectivity index (χ0n) is 10.3. The Morgan fingerprint density at radius 2 is 1.75 bits per heavy atom. The van der Waals surface area contributed by atoms with Crippen LogP contribution in [0.3, 0.4) is 0 Å². The summed E-state index contributed by atoms with van der Waals surface area (Å²) in [6, 6.07) is 0.680. The summed E-state index contributed by atoms with van der Waals surface area (Å²) in [4.78, 5) is 2.64. The number of piperidine rings is 1. The third-order valence-corrected chi connectivity index (χ3v) is 4.65. The molecule has 1 saturated heterocycles. The lowest BCUT2D eigenvalue weighted by atomic mass is 9.99. The molecule has 2 unspecified atom stereocenters. The van der Waals surface area contributed by atoms with Crippen LogP contribution in [0.5, 0.6) is 0 Å². The maximum Gasteiger partial charge on any atom is 0.119 e. The molecular formula is C12H20N4. The van der Waals surface area contributed by atoms with Gasteiger partial charge in [0.25, 0.3) is 0 Å². The van der Waals surface area contributed by atoms with Crippen LogP contribution in [0, 0.1) is 11.8 Å². The Kier molecular flexibility index (Phi) is 2.11. The summed E-state index contributed by atoms with van der Waals surface area (Å²) < 4.78 is 2.19. The van der Waals surface area contributed by atoms with Gasteiger partial charge in [-0.1, -0.05) is 6.92 Å². The molecule has 1 aromatic rings. The van der Waals surface area contributed by atoms with Crippen molar-refractivity contribution in [1.29, 1.82) is 0 Å². The smallest absolute Gasteiger partial charge is 0.119 e. The van der Waals surface area contributed by atoms with Gasteiger partial charge in [0, 0.05) is 24.7 Å². The van der Waals surface area contributed by atoms with E-state index in [2.05, 4.69) is 40.4 Å². The first-order valence-corrected chi connectivity index (χ1v) is 6.22. The Bertz CT molecular complexity index is 358. The first kappa shape index (κ1) is 10.3. The van der Waals surface area contributed by atoms with E-state index in [4.69, 9.17) is 0 Å². The fourth-order valence-corrected chi connectivity index (χ4v) is 3.02. The van der Waals surface area contributed by atoms with Gasteiger partial charge in [-0.3, -0.25) is 4.90 Å². The van der Waals surface area contributed by atoms with Crippen molar-refractivity contribution in [2.24, 2.45) is 11.8 Å². The van der Waals surface area contributed by atoms with Crippen LogP contribution in [0.4, 0.5) is 0 Å². The fraction of sp³-hybridized carbons (Fsp3) is 0.833. The van der Waals surface area contributed by atoms with Crippen molar-refractivity contribution in [1.82, 2.24) is 19.7 Å². The molecule has 16 heavy (non-hydrogen) atoms. The molecule has 0 bridgehead atoms. The van der Waals surface area contributed by atoms with Crippen LogP contribution >= 0.6 is 0 Å². The van der Waals surface area contributed by atoms with Crippen LogP contribution in [0.2, 0.25) is 0 Å². The molecule has 88 valence electrons. The van der Waals surface area contributed by atoms with Crippen molar-refractivity contribution in [2.45, 2.75) is 38.8 Å². The highest BCUT2D eigenvalue weighted by atomic mass is 15.3. The van der Waals surface area contributed by atoms with Gasteiger partial charge in [-0.05, 0) is 32.1 Å². The van der Waals surface area contributed by atoms with Crippen LogP contribution in [0.1, 0.15) is 33.2 Å². The highest BCUT2D eigenvalue weighted by Crippen LogP contribution is 2.56. The predicted octanol–water partition coefficient (Wildman–Crippen LogP) is 1.57. The van der Waals surface area contributed by atoms with E-state index in [-0.39, 0.29) is 0 Å². The normalized spacial score (nSPS) is 34.1. The van der Waals surface area contributed by atoms with E-state index >= 15 is 0 Å². The van der Waals surface area contributed by atoms with Crippen LogP contribution < -0.4 is 0 Å². The summed E-state index contributed by atoms with van der Waals surface area (Å²) in [5.74, 6) is 1.67. The molecule has 0 amide bonds. The standard InChI is InChI=1S/C12H20N4/c1-4-12(2,3)16-5-9-10(6-16)11(9)15-7-13-14-8-15/h7-11H,4-6H2,1-3H3. The van der Waals surface area contributed by atoms with Crippen LogP contribution in [-0.2, 0) is 0 Å². The number of hydrogen-bond donors (Lipinski definition) is 0. The van der Waals surface area contributed by atoms with E-state index in [1.165, 1.54) is 19.5 Å². The molecule has 1 aromatic heterocycles. The third-order valence-electron chi connectivity index (χ3n) is 4.65. The lowest BCUT2D eigenvalue weighted by molar-refractivity contribution is 0.126. The number of aromatic nitrogens is 3. The largest absolute Gasteiger partial charge is 0.316 e. The maximum absolute atomic E-state index is 3.89. The molecule has 1 saturated carbocycles. The van der Waals surface area contributed by atoms with Crippen molar-refractivity contribution in [2.75, 3.05) is 13.1 Å². The van der Waals surface area contributed by atoms with E-state index in [1.54, 1.807) is 0 Å². The summed E-state index contributed by atoms with van der Waals surface area (Å²) in [6.07, 6.45) is 4.94. The summed E-state index contributed by atoms with van der Waals surface area (Å²) in [5.41, 5.74) is 0.366. The Hall–Kier alpha value is -0.900. The minimum absolute atomic E-state index is 0.366. The minimum Gasteiger partial charge on any atom is -0.316 e. The lowest BCUT2D eigenvalue weighted by Gasteiger charge is -2.36. The third kappa shape index (κ3) is 1.39. The SMILES string of the molecule is CCC(C)(C)N1CC2C(C1)C2n1cnnc1. The van der Waals surface area contributed by atoms with E-state index in [9.17, 15) is 0 Å². The fourth-order valence-electron chi connectivity index (χ4n) is 3.02. The van der Waals surface area contributed by atoms with Crippen molar-refractivity contribution in [3.05, 3.63) is 12.7 Å². The lowest BCUT2D eigenvalue weighted by Crippen LogP contribution is -2.43. The van der Waals surface area contributed by atoms with Crippen LogP contribution in [0.15, 0.2) is 12.7 Å². The van der Waals surface area contributed by atoms with Crippen molar-refractivity contribution in [3.8, 4) is 0 Å². The molecule has 0 N–H and O–H groups in total. The number of hydrogen-bond acceptors (Lipinski definition) is 3. The monoisotopic (exact) mass is 220 g/mol. The molecule has 0 spiro atoms. The Balaban J connectivity index is 1.65. The number of likely N-dealkylation sites (tertiary alicyclic amines) is 1. The van der Waals surface area contributed by atoms with Gasteiger partial charge in [-0.15, -0.1) is 10.2 Å². The first-order chi connectivity index (χ1) is 7.63. The average Bonchev–Trinajstić information content (AvgIpc) is 2.77. The van der Waals surface area contributed by atoms with Gasteiger partial charge >= 0.3 is 0 Å². The molecule has 2 atom stereocenters. The van der Waals surface area contributed by atoms with Crippen molar-refractivity contribution in [3.63, 3.8) is 0 Å². The van der Waals surface area contributed by atoms with Gasteiger partial charge in [0.1, 0.15) is 12.7 Å². The highest BCUT2D eigenvalue weighted by Gasteiger charge is 2.58. The Morgan fingerprint density at radius 3 is 2.25 bits per heavy atom. The number of nitrogens with zero attached hydrogens (tertiary/aromatic N) is 4. The van der Waals surface area contributed by atoms with E-state index in [1.807, 2.05) is 12.7 Å². The van der Waals surface area contributed by atoms with Gasteiger partial charge in [-0.2, -0.15) is 0 Å². The topological polar surface area (TPSA) is 34.0 Å². The summed E-state index contributed by atoms with van der Waals surface area (Å²) in [6.45, 7) is 9.47. The number of rotatable bonds is 3. The van der Waals surface area contributed by atoms with E-state index in [0.717, 1.165) is 11.8 Å². The molecule has 1 aliphatic carbocycles. The van der Waals surface area contributed by atoms with E-state index in [0.29, 0.717) is 11.6 Å². The zero-order chi connectivity index (χ0) is 11.3. The van der Waals surface area contributed by atoms with Gasteiger partial charge in [0.2, 0.25) is 0 Å². The molecule has 2 aliphatic rings. The highest BCUT2D eigenvalue weighted by molar-refractivity contribution is 5.10. The minimum atomic E-state index is 0.366. The van der Waals surface area contributed by atoms with Crippen LogP contribution in [0.25, 0.3) is 0 Å². The summed E-state index contributed by atoms with van der Waals surface area (Å²) in [5, 5.41) is 7.79. The quantitative estimate of drug-likeness (QED) is 0.775. The van der Waals surface area contributed by atoms with Gasteiger partial charge in [-0.25, -0.2) is 0 Å². The van der Waals surface area contributed by atoms with E-state index < -0.39 is 0 Å².